The summed E-state index contributed by atoms with van der Waals surface area (Å²) < 4.78 is 0. The summed E-state index contributed by atoms with van der Waals surface area (Å²) in [6.45, 7) is 9.95. The van der Waals surface area contributed by atoms with Crippen LogP contribution in [0.25, 0.3) is 0 Å². The zero-order valence-electron chi connectivity index (χ0n) is 10.6. The lowest BCUT2D eigenvalue weighted by Crippen LogP contribution is -2.38. The van der Waals surface area contributed by atoms with Crippen LogP contribution in [0.3, 0.4) is 0 Å². The SMILES string of the molecule is CC1=CC[C@H]2[C@@H](C)[C@H]3CCC(C)(C)[C@H]2[C@H]13. The summed E-state index contributed by atoms with van der Waals surface area (Å²) in [5, 5.41) is 0. The van der Waals surface area contributed by atoms with E-state index in [1.807, 2.05) is 0 Å². The minimum Gasteiger partial charge on any atom is -0.0850 e. The third-order valence-corrected chi connectivity index (χ3v) is 5.92. The van der Waals surface area contributed by atoms with E-state index in [0.29, 0.717) is 5.41 Å². The van der Waals surface area contributed by atoms with Gasteiger partial charge in [0.15, 0.2) is 0 Å². The number of rotatable bonds is 0. The van der Waals surface area contributed by atoms with Gasteiger partial charge in [0.05, 0.1) is 0 Å². The molecule has 3 rings (SSSR count). The lowest BCUT2D eigenvalue weighted by atomic mass is 9.59. The van der Waals surface area contributed by atoms with Crippen LogP contribution in [0.4, 0.5) is 0 Å². The molecule has 0 unspecified atom stereocenters. The van der Waals surface area contributed by atoms with Crippen LogP contribution in [-0.4, -0.2) is 0 Å². The Morgan fingerprint density at radius 1 is 1.27 bits per heavy atom. The molecule has 0 saturated heterocycles. The zero-order chi connectivity index (χ0) is 10.8. The maximum absolute atomic E-state index is 2.55. The van der Waals surface area contributed by atoms with Crippen LogP contribution in [0, 0.1) is 35.0 Å². The summed E-state index contributed by atoms with van der Waals surface area (Å²) in [5.74, 6) is 4.95. The molecule has 5 atom stereocenters. The molecule has 0 aromatic rings. The molecule has 0 spiro atoms. The molecule has 0 amide bonds. The summed E-state index contributed by atoms with van der Waals surface area (Å²) in [5.41, 5.74) is 2.32. The Kier molecular flexibility index (Phi) is 1.92. The second-order valence-electron chi connectivity index (χ2n) is 6.95. The summed E-state index contributed by atoms with van der Waals surface area (Å²) in [6.07, 6.45) is 6.86. The maximum Gasteiger partial charge on any atom is -0.0139 e. The Morgan fingerprint density at radius 3 is 2.67 bits per heavy atom. The molecule has 15 heavy (non-hydrogen) atoms. The van der Waals surface area contributed by atoms with E-state index in [0.717, 1.165) is 29.6 Å². The van der Waals surface area contributed by atoms with Crippen LogP contribution < -0.4 is 0 Å². The summed E-state index contributed by atoms with van der Waals surface area (Å²) in [6, 6.07) is 0. The third-order valence-electron chi connectivity index (χ3n) is 5.92. The fraction of sp³-hybridized carbons (Fsp3) is 0.867. The van der Waals surface area contributed by atoms with Gasteiger partial charge in [-0.1, -0.05) is 32.4 Å². The van der Waals surface area contributed by atoms with Gasteiger partial charge >= 0.3 is 0 Å². The Labute approximate surface area is 94.1 Å². The Bertz CT molecular complexity index is 310. The zero-order valence-corrected chi connectivity index (χ0v) is 10.6. The fourth-order valence-electron chi connectivity index (χ4n) is 5.16. The van der Waals surface area contributed by atoms with Crippen molar-refractivity contribution in [1.82, 2.24) is 0 Å². The van der Waals surface area contributed by atoms with E-state index in [1.54, 1.807) is 5.57 Å². The van der Waals surface area contributed by atoms with Gasteiger partial charge in [0.2, 0.25) is 0 Å². The molecule has 0 N–H and O–H groups in total. The molecular weight excluding hydrogens is 180 g/mol. The summed E-state index contributed by atoms with van der Waals surface area (Å²) in [4.78, 5) is 0. The topological polar surface area (TPSA) is 0 Å². The van der Waals surface area contributed by atoms with Crippen LogP contribution in [0.2, 0.25) is 0 Å². The molecule has 0 aliphatic heterocycles. The second kappa shape index (κ2) is 2.90. The maximum atomic E-state index is 2.55. The van der Waals surface area contributed by atoms with Crippen molar-refractivity contribution in [2.24, 2.45) is 35.0 Å². The predicted octanol–water partition coefficient (Wildman–Crippen LogP) is 4.27. The minimum absolute atomic E-state index is 0.603. The quantitative estimate of drug-likeness (QED) is 0.517. The minimum atomic E-state index is 0.603. The van der Waals surface area contributed by atoms with Crippen molar-refractivity contribution < 1.29 is 0 Å². The molecule has 4 bridgehead atoms. The van der Waals surface area contributed by atoms with Crippen molar-refractivity contribution in [3.63, 3.8) is 0 Å². The average Bonchev–Trinajstić information content (AvgIpc) is 2.34. The van der Waals surface area contributed by atoms with Gasteiger partial charge in [-0.3, -0.25) is 0 Å². The Hall–Kier alpha value is -0.260. The second-order valence-corrected chi connectivity index (χ2v) is 6.95. The fourth-order valence-corrected chi connectivity index (χ4v) is 5.16. The molecule has 0 aromatic carbocycles. The van der Waals surface area contributed by atoms with E-state index < -0.39 is 0 Å². The van der Waals surface area contributed by atoms with Gasteiger partial charge in [0.1, 0.15) is 0 Å². The first-order chi connectivity index (χ1) is 7.02. The summed E-state index contributed by atoms with van der Waals surface area (Å²) >= 11 is 0. The van der Waals surface area contributed by atoms with E-state index in [4.69, 9.17) is 0 Å². The van der Waals surface area contributed by atoms with Gasteiger partial charge in [-0.25, -0.2) is 0 Å². The monoisotopic (exact) mass is 204 g/mol. The van der Waals surface area contributed by atoms with Crippen molar-refractivity contribution in [1.29, 1.82) is 0 Å². The van der Waals surface area contributed by atoms with Crippen molar-refractivity contribution in [3.05, 3.63) is 11.6 Å². The smallest absolute Gasteiger partial charge is 0.0139 e. The van der Waals surface area contributed by atoms with Crippen LogP contribution in [0.5, 0.6) is 0 Å². The molecule has 0 radical (unpaired) electrons. The molecule has 3 aliphatic rings. The largest absolute Gasteiger partial charge is 0.0850 e. The molecule has 2 saturated carbocycles. The van der Waals surface area contributed by atoms with Crippen LogP contribution in [0.1, 0.15) is 47.0 Å². The lowest BCUT2D eigenvalue weighted by Gasteiger charge is -2.46. The molecule has 3 aliphatic carbocycles. The highest BCUT2D eigenvalue weighted by molar-refractivity contribution is 5.22. The highest BCUT2D eigenvalue weighted by Gasteiger charge is 2.57. The van der Waals surface area contributed by atoms with Crippen LogP contribution in [-0.2, 0) is 0 Å². The van der Waals surface area contributed by atoms with Crippen molar-refractivity contribution in [3.8, 4) is 0 Å². The highest BCUT2D eigenvalue weighted by Crippen LogP contribution is 2.64. The molecule has 0 heterocycles. The van der Waals surface area contributed by atoms with Gasteiger partial charge < -0.3 is 0 Å². The lowest BCUT2D eigenvalue weighted by molar-refractivity contribution is 0.0708. The standard InChI is InChI=1S/C15H24/c1-9-5-6-12-10(2)11-7-8-15(3,4)14(12)13(9)11/h5,10-14H,6-8H2,1-4H3/t10-,11+,12-,13+,14+/m0/s1. The third kappa shape index (κ3) is 1.14. The average molecular weight is 204 g/mol. The van der Waals surface area contributed by atoms with Crippen molar-refractivity contribution in [2.75, 3.05) is 0 Å². The first-order valence-corrected chi connectivity index (χ1v) is 6.69. The molecule has 0 nitrogen and oxygen atoms in total. The molecule has 2 fully saturated rings. The Balaban J connectivity index is 2.07. The van der Waals surface area contributed by atoms with E-state index in [9.17, 15) is 0 Å². The van der Waals surface area contributed by atoms with Gasteiger partial charge in [0.25, 0.3) is 0 Å². The van der Waals surface area contributed by atoms with Crippen molar-refractivity contribution in [2.45, 2.75) is 47.0 Å². The van der Waals surface area contributed by atoms with Gasteiger partial charge in [-0.15, -0.1) is 0 Å². The summed E-state index contributed by atoms with van der Waals surface area (Å²) in [7, 11) is 0. The molecule has 0 aromatic heterocycles. The molecule has 84 valence electrons. The first-order valence-electron chi connectivity index (χ1n) is 6.69. The van der Waals surface area contributed by atoms with Crippen molar-refractivity contribution >= 4 is 0 Å². The van der Waals surface area contributed by atoms with Crippen LogP contribution >= 0.6 is 0 Å². The number of hydrogen-bond acceptors (Lipinski definition) is 0. The predicted molar refractivity (Wildman–Crippen MR) is 64.5 cm³/mol. The van der Waals surface area contributed by atoms with Gasteiger partial charge in [-0.05, 0) is 61.2 Å². The van der Waals surface area contributed by atoms with E-state index in [1.165, 1.54) is 19.3 Å². The molecular formula is C15H24. The Morgan fingerprint density at radius 2 is 2.00 bits per heavy atom. The first kappa shape index (κ1) is 9.93. The number of allylic oxidation sites excluding steroid dienone is 2. The van der Waals surface area contributed by atoms with E-state index in [-0.39, 0.29) is 0 Å². The van der Waals surface area contributed by atoms with Gasteiger partial charge in [0, 0.05) is 0 Å². The van der Waals surface area contributed by atoms with E-state index in [2.05, 4.69) is 33.8 Å². The molecule has 0 heteroatoms. The van der Waals surface area contributed by atoms with Gasteiger partial charge in [-0.2, -0.15) is 0 Å². The van der Waals surface area contributed by atoms with E-state index >= 15 is 0 Å². The van der Waals surface area contributed by atoms with Crippen LogP contribution in [0.15, 0.2) is 11.6 Å². The normalized spacial score (nSPS) is 51.5. The number of hydrogen-bond donors (Lipinski definition) is 0. The highest BCUT2D eigenvalue weighted by atomic mass is 14.6.